The molecule has 0 saturated heterocycles. The van der Waals surface area contributed by atoms with Gasteiger partial charge in [0.25, 0.3) is 0 Å². The van der Waals surface area contributed by atoms with Gasteiger partial charge in [-0.25, -0.2) is 17.6 Å². The molecule has 33 heavy (non-hydrogen) atoms. The Balaban J connectivity index is 1.45. The number of hydrogen-bond donors (Lipinski definition) is 2. The van der Waals surface area contributed by atoms with Crippen LogP contribution in [0.15, 0.2) is 35.1 Å². The van der Waals surface area contributed by atoms with Crippen LogP contribution >= 0.6 is 0 Å². The Morgan fingerprint density at radius 3 is 2.67 bits per heavy atom. The number of hydrogen-bond acceptors (Lipinski definition) is 5. The summed E-state index contributed by atoms with van der Waals surface area (Å²) in [6, 6.07) is 7.31. The number of carboxylic acid groups (broad SMARTS) is 1. The Bertz CT molecular complexity index is 1140. The lowest BCUT2D eigenvalue weighted by molar-refractivity contribution is 0.0690. The van der Waals surface area contributed by atoms with Gasteiger partial charge in [-0.15, -0.1) is 0 Å². The maximum Gasteiger partial charge on any atom is 0.352 e. The monoisotopic (exact) mass is 479 g/mol. The molecule has 0 unspecified atom stereocenters. The van der Waals surface area contributed by atoms with Gasteiger partial charge in [0.05, 0.1) is 18.1 Å². The zero-order chi connectivity index (χ0) is 24.0. The molecular formula is C24H30FNO6S. The predicted molar refractivity (Wildman–Crippen MR) is 123 cm³/mol. The van der Waals surface area contributed by atoms with Crippen molar-refractivity contribution in [1.29, 1.82) is 0 Å². The molecule has 180 valence electrons. The molecule has 2 N–H and O–H groups in total. The molecule has 0 amide bonds. The third-order valence-corrected chi connectivity index (χ3v) is 7.67. The topological polar surface area (TPSA) is 114 Å². The molecule has 7 nitrogen and oxygen atoms in total. The first-order chi connectivity index (χ1) is 15.6. The molecule has 0 bridgehead atoms. The van der Waals surface area contributed by atoms with Crippen LogP contribution in [0.3, 0.4) is 0 Å². The maximum atomic E-state index is 14.0. The Morgan fingerprint density at radius 1 is 1.21 bits per heavy atom. The van der Waals surface area contributed by atoms with E-state index in [1.54, 1.807) is 12.1 Å². The number of unbranched alkanes of at least 4 members (excludes halogenated alkanes) is 2. The smallest absolute Gasteiger partial charge is 0.352 e. The first-order valence-electron chi connectivity index (χ1n) is 11.2. The Morgan fingerprint density at radius 2 is 1.97 bits per heavy atom. The number of pyridine rings is 1. The van der Waals surface area contributed by atoms with E-state index in [2.05, 4.69) is 4.98 Å². The van der Waals surface area contributed by atoms with E-state index in [9.17, 15) is 22.4 Å². The fraction of sp³-hybridized carbons (Fsp3) is 0.500. The van der Waals surface area contributed by atoms with Gasteiger partial charge in [0, 0.05) is 6.07 Å². The van der Waals surface area contributed by atoms with Gasteiger partial charge in [0.15, 0.2) is 21.4 Å². The molecule has 1 atom stereocenters. The molecular weight excluding hydrogens is 449 g/mol. The van der Waals surface area contributed by atoms with Crippen LogP contribution < -0.4 is 10.3 Å². The second-order valence-corrected chi connectivity index (χ2v) is 11.1. The van der Waals surface area contributed by atoms with Crippen molar-refractivity contribution in [2.75, 3.05) is 18.1 Å². The van der Waals surface area contributed by atoms with Gasteiger partial charge in [-0.2, -0.15) is 0 Å². The molecule has 0 radical (unpaired) electrons. The van der Waals surface area contributed by atoms with Crippen LogP contribution in [0.2, 0.25) is 0 Å². The largest absolute Gasteiger partial charge is 0.490 e. The number of halogens is 1. The third-order valence-electron chi connectivity index (χ3n) is 5.75. The molecule has 1 aromatic heterocycles. The van der Waals surface area contributed by atoms with Gasteiger partial charge < -0.3 is 14.8 Å². The van der Waals surface area contributed by atoms with E-state index in [0.717, 1.165) is 18.4 Å². The van der Waals surface area contributed by atoms with E-state index in [1.165, 1.54) is 18.2 Å². The number of H-pyrrole nitrogens is 1. The van der Waals surface area contributed by atoms with E-state index >= 15 is 0 Å². The first kappa shape index (κ1) is 25.0. The van der Waals surface area contributed by atoms with E-state index in [-0.39, 0.29) is 28.9 Å². The lowest BCUT2D eigenvalue weighted by Crippen LogP contribution is -2.16. The van der Waals surface area contributed by atoms with Crippen LogP contribution in [0.1, 0.15) is 66.6 Å². The molecule has 1 aliphatic rings. The number of ether oxygens (including phenoxy) is 1. The molecule has 2 aromatic rings. The number of nitrogens with one attached hydrogen (secondary N) is 1. The highest BCUT2D eigenvalue weighted by Crippen LogP contribution is 2.31. The number of aromatic carboxylic acids is 1. The fourth-order valence-electron chi connectivity index (χ4n) is 3.68. The average Bonchev–Trinajstić information content (AvgIpc) is 3.56. The molecule has 0 aliphatic heterocycles. The van der Waals surface area contributed by atoms with Crippen molar-refractivity contribution < 1.29 is 27.4 Å². The summed E-state index contributed by atoms with van der Waals surface area (Å²) in [6.07, 6.45) is 4.46. The Hall–Kier alpha value is -2.68. The highest BCUT2D eigenvalue weighted by Gasteiger charge is 2.23. The molecule has 1 heterocycles. The maximum absolute atomic E-state index is 14.0. The highest BCUT2D eigenvalue weighted by molar-refractivity contribution is 7.91. The van der Waals surface area contributed by atoms with E-state index in [1.807, 2.05) is 6.92 Å². The summed E-state index contributed by atoms with van der Waals surface area (Å²) in [5.74, 6) is -1.25. The molecule has 1 aromatic carbocycles. The minimum Gasteiger partial charge on any atom is -0.490 e. The second-order valence-electron chi connectivity index (χ2n) is 8.84. The minimum absolute atomic E-state index is 0.0310. The molecule has 1 aliphatic carbocycles. The minimum atomic E-state index is -3.30. The van der Waals surface area contributed by atoms with Crippen molar-refractivity contribution in [3.8, 4) is 5.75 Å². The summed E-state index contributed by atoms with van der Waals surface area (Å²) in [7, 11) is -3.30. The second kappa shape index (κ2) is 11.0. The van der Waals surface area contributed by atoms with Gasteiger partial charge in [0.1, 0.15) is 5.69 Å². The number of rotatable bonds is 13. The van der Waals surface area contributed by atoms with Gasteiger partial charge in [-0.3, -0.25) is 4.79 Å². The lowest BCUT2D eigenvalue weighted by atomic mass is 10.0. The van der Waals surface area contributed by atoms with E-state index in [4.69, 9.17) is 9.84 Å². The number of aromatic amines is 1. The van der Waals surface area contributed by atoms with Crippen LogP contribution in [-0.2, 0) is 16.3 Å². The lowest BCUT2D eigenvalue weighted by Gasteiger charge is -2.15. The number of aryl methyl sites for hydroxylation is 1. The van der Waals surface area contributed by atoms with Crippen LogP contribution in [0, 0.1) is 11.7 Å². The van der Waals surface area contributed by atoms with Crippen LogP contribution in [0.5, 0.6) is 5.75 Å². The van der Waals surface area contributed by atoms with Crippen molar-refractivity contribution in [2.24, 2.45) is 5.92 Å². The quantitative estimate of drug-likeness (QED) is 0.421. The normalized spacial score (nSPS) is 14.7. The van der Waals surface area contributed by atoms with Crippen molar-refractivity contribution in [2.45, 2.75) is 51.4 Å². The number of sulfone groups is 1. The fourth-order valence-corrected chi connectivity index (χ4v) is 5.44. The molecule has 1 fully saturated rings. The van der Waals surface area contributed by atoms with Crippen molar-refractivity contribution >= 4 is 15.8 Å². The zero-order valence-electron chi connectivity index (χ0n) is 18.7. The third kappa shape index (κ3) is 7.99. The molecule has 9 heteroatoms. The van der Waals surface area contributed by atoms with Gasteiger partial charge in [-0.1, -0.05) is 19.4 Å². The molecule has 0 spiro atoms. The summed E-state index contributed by atoms with van der Waals surface area (Å²) < 4.78 is 44.7. The number of carbonyl (C=O) groups is 1. The summed E-state index contributed by atoms with van der Waals surface area (Å²) in [4.78, 5) is 24.8. The van der Waals surface area contributed by atoms with Crippen LogP contribution in [0.25, 0.3) is 0 Å². The standard InChI is InChI=1S/C24H30FNO6S/c1-16(19-8-9-20(25)22(13-19)32-14-17-6-7-17)15-33(30,31)10-4-2-3-5-18-11-21(24(28)29)26-23(27)12-18/h8-9,11-13,16-17H,2-7,10,14-15H2,1H3,(H,26,27)(H,28,29)/t16-/m0/s1. The van der Waals surface area contributed by atoms with Crippen molar-refractivity contribution in [3.05, 3.63) is 63.3 Å². The summed E-state index contributed by atoms with van der Waals surface area (Å²) in [5.41, 5.74) is 0.720. The van der Waals surface area contributed by atoms with E-state index < -0.39 is 27.2 Å². The number of carboxylic acids is 1. The van der Waals surface area contributed by atoms with Crippen LogP contribution in [-0.4, -0.2) is 42.6 Å². The molecule has 3 rings (SSSR count). The van der Waals surface area contributed by atoms with Crippen LogP contribution in [0.4, 0.5) is 4.39 Å². The summed E-state index contributed by atoms with van der Waals surface area (Å²) in [5, 5.41) is 9.00. The highest BCUT2D eigenvalue weighted by atomic mass is 32.2. The van der Waals surface area contributed by atoms with E-state index in [0.29, 0.717) is 43.8 Å². The van der Waals surface area contributed by atoms with Gasteiger partial charge >= 0.3 is 5.97 Å². The Kier molecular flexibility index (Phi) is 8.29. The predicted octanol–water partition coefficient (Wildman–Crippen LogP) is 3.93. The van der Waals surface area contributed by atoms with Crippen molar-refractivity contribution in [3.63, 3.8) is 0 Å². The zero-order valence-corrected chi connectivity index (χ0v) is 19.5. The number of benzene rings is 1. The number of aromatic nitrogens is 1. The van der Waals surface area contributed by atoms with Gasteiger partial charge in [-0.05, 0) is 73.3 Å². The summed E-state index contributed by atoms with van der Waals surface area (Å²) in [6.45, 7) is 2.30. The first-order valence-corrected chi connectivity index (χ1v) is 13.0. The van der Waals surface area contributed by atoms with Gasteiger partial charge in [0.2, 0.25) is 5.56 Å². The SMILES string of the molecule is C[C@@H](CS(=O)(=O)CCCCCc1cc(C(=O)O)[nH]c(=O)c1)c1ccc(F)c(OCC2CC2)c1. The Labute approximate surface area is 192 Å². The summed E-state index contributed by atoms with van der Waals surface area (Å²) >= 11 is 0. The van der Waals surface area contributed by atoms with Crippen molar-refractivity contribution in [1.82, 2.24) is 4.98 Å². The molecule has 1 saturated carbocycles. The average molecular weight is 480 g/mol.